The van der Waals surface area contributed by atoms with Crippen molar-refractivity contribution in [2.24, 2.45) is 0 Å². The molecule has 3 heteroatoms. The van der Waals surface area contributed by atoms with Crippen LogP contribution in [0.4, 0.5) is 5.69 Å². The lowest BCUT2D eigenvalue weighted by Gasteiger charge is -2.20. The van der Waals surface area contributed by atoms with Crippen LogP contribution in [-0.4, -0.2) is 10.5 Å². The van der Waals surface area contributed by atoms with Crippen molar-refractivity contribution in [2.45, 2.75) is 33.2 Å². The van der Waals surface area contributed by atoms with E-state index < -0.39 is 0 Å². The Kier molecular flexibility index (Phi) is 5.03. The Labute approximate surface area is 149 Å². The number of hydrogen-bond acceptors (Lipinski definition) is 1. The first-order chi connectivity index (χ1) is 12.0. The average molecular weight is 332 g/mol. The van der Waals surface area contributed by atoms with Gasteiger partial charge in [0.2, 0.25) is 5.91 Å². The van der Waals surface area contributed by atoms with E-state index in [1.54, 1.807) is 0 Å². The van der Waals surface area contributed by atoms with Gasteiger partial charge in [-0.05, 0) is 55.7 Å². The number of carbonyl (C=O) groups is 1. The Morgan fingerprint density at radius 1 is 0.960 bits per heavy atom. The maximum atomic E-state index is 12.7. The number of hydrogen-bond donors (Lipinski definition) is 1. The van der Waals surface area contributed by atoms with Gasteiger partial charge in [-0.2, -0.15) is 0 Å². The van der Waals surface area contributed by atoms with Crippen LogP contribution in [0.25, 0.3) is 0 Å². The second-order valence-corrected chi connectivity index (χ2v) is 6.63. The molecular weight excluding hydrogens is 308 g/mol. The fourth-order valence-corrected chi connectivity index (χ4v) is 3.08. The Morgan fingerprint density at radius 2 is 1.68 bits per heavy atom. The number of nitrogens with zero attached hydrogens (tertiary/aromatic N) is 1. The summed E-state index contributed by atoms with van der Waals surface area (Å²) in [5, 5.41) is 3.08. The lowest BCUT2D eigenvalue weighted by Crippen LogP contribution is -2.20. The first kappa shape index (κ1) is 17.0. The Hall–Kier alpha value is -2.81. The molecule has 1 aromatic heterocycles. The molecule has 0 saturated heterocycles. The molecule has 128 valence electrons. The number of amides is 1. The van der Waals surface area contributed by atoms with E-state index in [2.05, 4.69) is 41.1 Å². The fraction of sp³-hybridized carbons (Fsp3) is 0.227. The molecule has 0 fully saturated rings. The van der Waals surface area contributed by atoms with Crippen molar-refractivity contribution in [3.05, 3.63) is 89.2 Å². The third-order valence-corrected chi connectivity index (χ3v) is 4.46. The molecule has 3 rings (SSSR count). The molecule has 0 unspecified atom stereocenters. The second-order valence-electron chi connectivity index (χ2n) is 6.63. The number of benzene rings is 2. The van der Waals surface area contributed by atoms with Crippen LogP contribution in [0.1, 0.15) is 34.7 Å². The average Bonchev–Trinajstić information content (AvgIpc) is 3.10. The van der Waals surface area contributed by atoms with Crippen LogP contribution in [0, 0.1) is 20.8 Å². The third-order valence-electron chi connectivity index (χ3n) is 4.46. The van der Waals surface area contributed by atoms with Gasteiger partial charge in [0.15, 0.2) is 0 Å². The van der Waals surface area contributed by atoms with Crippen molar-refractivity contribution in [3.63, 3.8) is 0 Å². The van der Waals surface area contributed by atoms with E-state index >= 15 is 0 Å². The Morgan fingerprint density at radius 3 is 2.40 bits per heavy atom. The molecule has 1 N–H and O–H groups in total. The molecule has 3 aromatic rings. The van der Waals surface area contributed by atoms with E-state index in [4.69, 9.17) is 0 Å². The number of aryl methyl sites for hydroxylation is 3. The topological polar surface area (TPSA) is 34.0 Å². The highest BCUT2D eigenvalue weighted by Gasteiger charge is 2.18. The molecule has 0 aliphatic rings. The number of carbonyl (C=O) groups excluding carboxylic acids is 1. The number of nitrogens with one attached hydrogen (secondary N) is 1. The highest BCUT2D eigenvalue weighted by Crippen LogP contribution is 2.25. The molecule has 0 radical (unpaired) electrons. The van der Waals surface area contributed by atoms with E-state index in [-0.39, 0.29) is 11.9 Å². The van der Waals surface area contributed by atoms with Gasteiger partial charge in [0.05, 0.1) is 12.5 Å². The molecule has 0 spiro atoms. The van der Waals surface area contributed by atoms with E-state index in [1.165, 1.54) is 5.56 Å². The van der Waals surface area contributed by atoms with Gasteiger partial charge in [0.1, 0.15) is 0 Å². The maximum Gasteiger partial charge on any atom is 0.226 e. The predicted molar refractivity (Wildman–Crippen MR) is 103 cm³/mol. The minimum atomic E-state index is -0.0139. The molecule has 0 aliphatic heterocycles. The lowest BCUT2D eigenvalue weighted by atomic mass is 10.0. The summed E-state index contributed by atoms with van der Waals surface area (Å²) >= 11 is 0. The molecule has 0 aliphatic carbocycles. The first-order valence-corrected chi connectivity index (χ1v) is 8.59. The van der Waals surface area contributed by atoms with Crippen LogP contribution >= 0.6 is 0 Å². The maximum absolute atomic E-state index is 12.7. The smallest absolute Gasteiger partial charge is 0.226 e. The van der Waals surface area contributed by atoms with E-state index in [9.17, 15) is 4.79 Å². The summed E-state index contributed by atoms with van der Waals surface area (Å²) in [5.41, 5.74) is 5.45. The number of aromatic nitrogens is 1. The monoisotopic (exact) mass is 332 g/mol. The quantitative estimate of drug-likeness (QED) is 0.698. The molecule has 0 saturated carbocycles. The summed E-state index contributed by atoms with van der Waals surface area (Å²) in [4.78, 5) is 12.7. The van der Waals surface area contributed by atoms with Crippen LogP contribution in [0.2, 0.25) is 0 Å². The lowest BCUT2D eigenvalue weighted by molar-refractivity contribution is -0.116. The highest BCUT2D eigenvalue weighted by atomic mass is 16.1. The number of anilines is 1. The second kappa shape index (κ2) is 7.39. The van der Waals surface area contributed by atoms with Crippen LogP contribution < -0.4 is 5.32 Å². The zero-order chi connectivity index (χ0) is 17.8. The standard InChI is InChI=1S/C22H24N2O/c1-16-7-6-8-19(13-16)21(24-11-4-5-12-24)15-22(25)23-20-14-17(2)9-10-18(20)3/h4-14,21H,15H2,1-3H3,(H,23,25)/t21-/m1/s1. The molecule has 2 aromatic carbocycles. The van der Waals surface area contributed by atoms with Gasteiger partial charge < -0.3 is 9.88 Å². The van der Waals surface area contributed by atoms with Crippen molar-refractivity contribution in [2.75, 3.05) is 5.32 Å². The van der Waals surface area contributed by atoms with E-state index in [1.807, 2.05) is 56.6 Å². The molecular formula is C22H24N2O. The van der Waals surface area contributed by atoms with E-state index in [0.29, 0.717) is 6.42 Å². The van der Waals surface area contributed by atoms with Gasteiger partial charge in [-0.15, -0.1) is 0 Å². The summed E-state index contributed by atoms with van der Waals surface area (Å²) in [6.45, 7) is 6.12. The molecule has 1 amide bonds. The largest absolute Gasteiger partial charge is 0.346 e. The van der Waals surface area contributed by atoms with E-state index in [0.717, 1.165) is 22.4 Å². The van der Waals surface area contributed by atoms with Crippen molar-refractivity contribution in [1.82, 2.24) is 4.57 Å². The zero-order valence-electron chi connectivity index (χ0n) is 15.0. The molecule has 3 nitrogen and oxygen atoms in total. The van der Waals surface area contributed by atoms with Gasteiger partial charge in [0.25, 0.3) is 0 Å². The van der Waals surface area contributed by atoms with Crippen LogP contribution in [0.15, 0.2) is 67.0 Å². The molecule has 25 heavy (non-hydrogen) atoms. The first-order valence-electron chi connectivity index (χ1n) is 8.59. The molecule has 1 heterocycles. The van der Waals surface area contributed by atoms with Gasteiger partial charge >= 0.3 is 0 Å². The minimum absolute atomic E-state index is 0.0139. The number of rotatable bonds is 5. The highest BCUT2D eigenvalue weighted by molar-refractivity contribution is 5.92. The van der Waals surface area contributed by atoms with Crippen molar-refractivity contribution < 1.29 is 4.79 Å². The summed E-state index contributed by atoms with van der Waals surface area (Å²) in [6, 6.07) is 18.4. The molecule has 1 atom stereocenters. The fourth-order valence-electron chi connectivity index (χ4n) is 3.08. The Balaban J connectivity index is 1.83. The molecule has 0 bridgehead atoms. The van der Waals surface area contributed by atoms with Gasteiger partial charge in [-0.3, -0.25) is 4.79 Å². The summed E-state index contributed by atoms with van der Waals surface area (Å²) in [7, 11) is 0. The van der Waals surface area contributed by atoms with Crippen LogP contribution in [-0.2, 0) is 4.79 Å². The van der Waals surface area contributed by atoms with Crippen LogP contribution in [0.5, 0.6) is 0 Å². The third kappa shape index (κ3) is 4.18. The summed E-state index contributed by atoms with van der Waals surface area (Å²) < 4.78 is 2.09. The van der Waals surface area contributed by atoms with Gasteiger partial charge in [-0.25, -0.2) is 0 Å². The van der Waals surface area contributed by atoms with Crippen molar-refractivity contribution in [1.29, 1.82) is 0 Å². The SMILES string of the molecule is Cc1cccc([C@@H](CC(=O)Nc2cc(C)ccc2C)n2cccc2)c1. The normalized spacial score (nSPS) is 12.0. The van der Waals surface area contributed by atoms with Gasteiger partial charge in [-0.1, -0.05) is 42.0 Å². The van der Waals surface area contributed by atoms with Crippen molar-refractivity contribution >= 4 is 11.6 Å². The summed E-state index contributed by atoms with van der Waals surface area (Å²) in [5.74, 6) is 0.0221. The van der Waals surface area contributed by atoms with Crippen molar-refractivity contribution in [3.8, 4) is 0 Å². The van der Waals surface area contributed by atoms with Gasteiger partial charge in [0, 0.05) is 18.1 Å². The zero-order valence-corrected chi connectivity index (χ0v) is 15.0. The summed E-state index contributed by atoms with van der Waals surface area (Å²) in [6.07, 6.45) is 4.42. The Bertz CT molecular complexity index is 865. The minimum Gasteiger partial charge on any atom is -0.346 e. The predicted octanol–water partition coefficient (Wildman–Crippen LogP) is 5.03. The van der Waals surface area contributed by atoms with Crippen LogP contribution in [0.3, 0.4) is 0 Å².